The van der Waals surface area contributed by atoms with Crippen molar-refractivity contribution < 1.29 is 9.90 Å². The molecule has 0 atom stereocenters. The Bertz CT molecular complexity index is 606. The minimum Gasteiger partial charge on any atom is -0.508 e. The van der Waals surface area contributed by atoms with Crippen LogP contribution in [0.5, 0.6) is 5.75 Å². The number of hydrogen-bond acceptors (Lipinski definition) is 3. The molecule has 0 aromatic heterocycles. The zero-order valence-corrected chi connectivity index (χ0v) is 11.4. The van der Waals surface area contributed by atoms with Gasteiger partial charge in [0.05, 0.1) is 0 Å². The Morgan fingerprint density at radius 3 is 2.40 bits per heavy atom. The minimum absolute atomic E-state index is 0.156. The second-order valence-corrected chi connectivity index (χ2v) is 4.70. The van der Waals surface area contributed by atoms with Gasteiger partial charge in [-0.3, -0.25) is 4.79 Å². The lowest BCUT2D eigenvalue weighted by atomic mass is 10.1. The van der Waals surface area contributed by atoms with Crippen LogP contribution in [0.25, 0.3) is 0 Å². The molecule has 0 heterocycles. The standard InChI is InChI=1S/C16H18N2O2/c1-11-8-14(6-7-15(11)19)16(20)18-10-13-4-2-12(9-17)3-5-13/h2-8,19H,9-10,17H2,1H3,(H,18,20). The van der Waals surface area contributed by atoms with Crippen molar-refractivity contribution in [3.8, 4) is 5.75 Å². The first kappa shape index (κ1) is 14.1. The van der Waals surface area contributed by atoms with Gasteiger partial charge in [0, 0.05) is 18.7 Å². The molecule has 0 saturated heterocycles. The summed E-state index contributed by atoms with van der Waals surface area (Å²) in [6, 6.07) is 12.6. The molecule has 0 saturated carbocycles. The third-order valence-corrected chi connectivity index (χ3v) is 3.17. The number of hydrogen-bond donors (Lipinski definition) is 3. The summed E-state index contributed by atoms with van der Waals surface area (Å²) in [4.78, 5) is 12.0. The summed E-state index contributed by atoms with van der Waals surface area (Å²) in [6.45, 7) is 2.74. The molecule has 0 bridgehead atoms. The van der Waals surface area contributed by atoms with Crippen molar-refractivity contribution in [2.75, 3.05) is 0 Å². The molecule has 0 unspecified atom stereocenters. The zero-order valence-electron chi connectivity index (χ0n) is 11.4. The molecule has 2 rings (SSSR count). The molecule has 104 valence electrons. The maximum absolute atomic E-state index is 12.0. The Hall–Kier alpha value is -2.33. The largest absolute Gasteiger partial charge is 0.508 e. The van der Waals surface area contributed by atoms with Crippen LogP contribution in [0.4, 0.5) is 0 Å². The van der Waals surface area contributed by atoms with E-state index in [0.29, 0.717) is 24.2 Å². The molecule has 2 aromatic carbocycles. The van der Waals surface area contributed by atoms with E-state index >= 15 is 0 Å². The summed E-state index contributed by atoms with van der Waals surface area (Å²) in [6.07, 6.45) is 0. The summed E-state index contributed by atoms with van der Waals surface area (Å²) in [5, 5.41) is 12.3. The van der Waals surface area contributed by atoms with Gasteiger partial charge in [-0.1, -0.05) is 24.3 Å². The summed E-state index contributed by atoms with van der Waals surface area (Å²) < 4.78 is 0. The van der Waals surface area contributed by atoms with Crippen molar-refractivity contribution in [1.29, 1.82) is 0 Å². The number of phenols is 1. The van der Waals surface area contributed by atoms with Gasteiger partial charge in [-0.2, -0.15) is 0 Å². The monoisotopic (exact) mass is 270 g/mol. The zero-order chi connectivity index (χ0) is 14.5. The predicted octanol–water partition coefficient (Wildman–Crippen LogP) is 2.09. The lowest BCUT2D eigenvalue weighted by molar-refractivity contribution is 0.0951. The van der Waals surface area contributed by atoms with Gasteiger partial charge < -0.3 is 16.2 Å². The quantitative estimate of drug-likeness (QED) is 0.796. The molecule has 0 aliphatic carbocycles. The SMILES string of the molecule is Cc1cc(C(=O)NCc2ccc(CN)cc2)ccc1O. The topological polar surface area (TPSA) is 75.4 Å². The highest BCUT2D eigenvalue weighted by atomic mass is 16.3. The third-order valence-electron chi connectivity index (χ3n) is 3.17. The minimum atomic E-state index is -0.156. The molecule has 1 amide bonds. The highest BCUT2D eigenvalue weighted by Gasteiger charge is 2.07. The van der Waals surface area contributed by atoms with Gasteiger partial charge in [-0.15, -0.1) is 0 Å². The fourth-order valence-electron chi connectivity index (χ4n) is 1.87. The fraction of sp³-hybridized carbons (Fsp3) is 0.188. The van der Waals surface area contributed by atoms with Crippen molar-refractivity contribution in [2.45, 2.75) is 20.0 Å². The Kier molecular flexibility index (Phi) is 4.38. The van der Waals surface area contributed by atoms with Gasteiger partial charge in [0.15, 0.2) is 0 Å². The first-order valence-corrected chi connectivity index (χ1v) is 6.46. The molecule has 2 aromatic rings. The molecule has 0 radical (unpaired) electrons. The number of phenolic OH excluding ortho intramolecular Hbond substituents is 1. The number of rotatable bonds is 4. The number of nitrogens with two attached hydrogens (primary N) is 1. The van der Waals surface area contributed by atoms with Crippen molar-refractivity contribution in [2.24, 2.45) is 5.73 Å². The molecule has 20 heavy (non-hydrogen) atoms. The predicted molar refractivity (Wildman–Crippen MR) is 78.3 cm³/mol. The van der Waals surface area contributed by atoms with Crippen LogP contribution in [0.15, 0.2) is 42.5 Å². The van der Waals surface area contributed by atoms with Crippen molar-refractivity contribution in [3.05, 3.63) is 64.7 Å². The van der Waals surface area contributed by atoms with E-state index in [4.69, 9.17) is 5.73 Å². The van der Waals surface area contributed by atoms with E-state index in [-0.39, 0.29) is 11.7 Å². The maximum Gasteiger partial charge on any atom is 0.251 e. The molecule has 4 N–H and O–H groups in total. The van der Waals surface area contributed by atoms with Crippen LogP contribution < -0.4 is 11.1 Å². The van der Waals surface area contributed by atoms with Crippen LogP contribution in [-0.2, 0) is 13.1 Å². The van der Waals surface area contributed by atoms with Gasteiger partial charge in [0.1, 0.15) is 5.75 Å². The van der Waals surface area contributed by atoms with Crippen LogP contribution in [0.3, 0.4) is 0 Å². The summed E-state index contributed by atoms with van der Waals surface area (Å²) >= 11 is 0. The number of carbonyl (C=O) groups is 1. The average Bonchev–Trinajstić information content (AvgIpc) is 2.48. The van der Waals surface area contributed by atoms with Crippen LogP contribution >= 0.6 is 0 Å². The van der Waals surface area contributed by atoms with Gasteiger partial charge in [0.2, 0.25) is 0 Å². The van der Waals surface area contributed by atoms with Crippen LogP contribution in [0.2, 0.25) is 0 Å². The molecular weight excluding hydrogens is 252 g/mol. The van der Waals surface area contributed by atoms with E-state index < -0.39 is 0 Å². The number of aryl methyl sites for hydroxylation is 1. The smallest absolute Gasteiger partial charge is 0.251 e. The van der Waals surface area contributed by atoms with E-state index in [9.17, 15) is 9.90 Å². The number of nitrogens with one attached hydrogen (secondary N) is 1. The van der Waals surface area contributed by atoms with Gasteiger partial charge in [-0.05, 0) is 41.8 Å². The second kappa shape index (κ2) is 6.21. The summed E-state index contributed by atoms with van der Waals surface area (Å²) in [7, 11) is 0. The van der Waals surface area contributed by atoms with Gasteiger partial charge >= 0.3 is 0 Å². The molecule has 4 nitrogen and oxygen atoms in total. The van der Waals surface area contributed by atoms with Crippen molar-refractivity contribution in [3.63, 3.8) is 0 Å². The number of carbonyl (C=O) groups excluding carboxylic acids is 1. The van der Waals surface area contributed by atoms with Crippen LogP contribution in [0.1, 0.15) is 27.0 Å². The molecule has 0 spiro atoms. The van der Waals surface area contributed by atoms with Gasteiger partial charge in [-0.25, -0.2) is 0 Å². The first-order valence-electron chi connectivity index (χ1n) is 6.46. The highest BCUT2D eigenvalue weighted by molar-refractivity contribution is 5.94. The molecule has 0 fully saturated rings. The number of amides is 1. The van der Waals surface area contributed by atoms with E-state index in [1.54, 1.807) is 19.1 Å². The Morgan fingerprint density at radius 1 is 1.15 bits per heavy atom. The van der Waals surface area contributed by atoms with Crippen molar-refractivity contribution >= 4 is 5.91 Å². The second-order valence-electron chi connectivity index (χ2n) is 4.70. The van der Waals surface area contributed by atoms with E-state index in [1.807, 2.05) is 24.3 Å². The Labute approximate surface area is 118 Å². The Balaban J connectivity index is 1.98. The highest BCUT2D eigenvalue weighted by Crippen LogP contribution is 2.16. The van der Waals surface area contributed by atoms with E-state index in [2.05, 4.69) is 5.32 Å². The lowest BCUT2D eigenvalue weighted by Crippen LogP contribution is -2.22. The molecule has 0 aliphatic heterocycles. The molecule has 4 heteroatoms. The van der Waals surface area contributed by atoms with E-state index in [0.717, 1.165) is 11.1 Å². The summed E-state index contributed by atoms with van der Waals surface area (Å²) in [5.74, 6) is 0.0370. The third kappa shape index (κ3) is 3.36. The normalized spacial score (nSPS) is 10.3. The maximum atomic E-state index is 12.0. The first-order chi connectivity index (χ1) is 9.60. The lowest BCUT2D eigenvalue weighted by Gasteiger charge is -2.07. The summed E-state index contributed by atoms with van der Waals surface area (Å²) in [5.41, 5.74) is 8.84. The Morgan fingerprint density at radius 2 is 1.80 bits per heavy atom. The number of aromatic hydroxyl groups is 1. The van der Waals surface area contributed by atoms with Crippen molar-refractivity contribution in [1.82, 2.24) is 5.32 Å². The van der Waals surface area contributed by atoms with Crippen LogP contribution in [-0.4, -0.2) is 11.0 Å². The molecular formula is C16H18N2O2. The fourth-order valence-corrected chi connectivity index (χ4v) is 1.87. The molecule has 0 aliphatic rings. The number of benzene rings is 2. The average molecular weight is 270 g/mol. The van der Waals surface area contributed by atoms with Gasteiger partial charge in [0.25, 0.3) is 5.91 Å². The van der Waals surface area contributed by atoms with Crippen LogP contribution in [0, 0.1) is 6.92 Å². The van der Waals surface area contributed by atoms with E-state index in [1.165, 1.54) is 6.07 Å².